The zero-order valence-corrected chi connectivity index (χ0v) is 17.1. The van der Waals surface area contributed by atoms with Crippen molar-refractivity contribution in [2.24, 2.45) is 10.9 Å². The van der Waals surface area contributed by atoms with Crippen LogP contribution in [0.5, 0.6) is 11.5 Å². The second kappa shape index (κ2) is 10.4. The van der Waals surface area contributed by atoms with Crippen molar-refractivity contribution >= 4 is 35.8 Å². The molecule has 0 amide bonds. The van der Waals surface area contributed by atoms with Crippen LogP contribution in [0.25, 0.3) is 6.08 Å². The number of hydrogen-bond donors (Lipinski definition) is 1. The molecule has 0 fully saturated rings. The topological polar surface area (TPSA) is 85.2 Å². The number of ether oxygens (including phenoxy) is 2. The second-order valence-electron chi connectivity index (χ2n) is 6.50. The van der Waals surface area contributed by atoms with Crippen LogP contribution in [-0.2, 0) is 9.59 Å². The van der Waals surface area contributed by atoms with Gasteiger partial charge >= 0.3 is 11.9 Å². The third kappa shape index (κ3) is 6.47. The van der Waals surface area contributed by atoms with Gasteiger partial charge < -0.3 is 14.6 Å². The van der Waals surface area contributed by atoms with Crippen LogP contribution in [0.3, 0.4) is 0 Å². The lowest BCUT2D eigenvalue weighted by atomic mass is 10.1. The second-order valence-corrected chi connectivity index (χ2v) is 6.91. The number of aliphatic carboxylic acids is 1. The summed E-state index contributed by atoms with van der Waals surface area (Å²) in [6, 6.07) is 11.5. The van der Waals surface area contributed by atoms with Crippen molar-refractivity contribution in [1.29, 1.82) is 0 Å². The van der Waals surface area contributed by atoms with Gasteiger partial charge in [0.15, 0.2) is 11.5 Å². The Morgan fingerprint density at radius 1 is 1.14 bits per heavy atom. The number of rotatable bonds is 8. The van der Waals surface area contributed by atoms with Crippen molar-refractivity contribution < 1.29 is 24.2 Å². The SMILES string of the molecule is COc1cc(/C=N/C(C(=O)O)C(C)C)cc(Cl)c1OC(=O)/C=C/c1ccccc1. The van der Waals surface area contributed by atoms with Crippen LogP contribution < -0.4 is 9.47 Å². The Balaban J connectivity index is 2.20. The summed E-state index contributed by atoms with van der Waals surface area (Å²) >= 11 is 6.26. The number of carbonyl (C=O) groups excluding carboxylic acids is 1. The fraction of sp³-hybridized carbons (Fsp3) is 0.227. The quantitative estimate of drug-likeness (QED) is 0.297. The van der Waals surface area contributed by atoms with Crippen LogP contribution in [0, 0.1) is 5.92 Å². The van der Waals surface area contributed by atoms with Crippen LogP contribution >= 0.6 is 11.6 Å². The maximum Gasteiger partial charge on any atom is 0.336 e. The average molecular weight is 416 g/mol. The van der Waals surface area contributed by atoms with Gasteiger partial charge in [0.05, 0.1) is 12.1 Å². The Morgan fingerprint density at radius 3 is 2.41 bits per heavy atom. The molecular formula is C22H22ClNO5. The van der Waals surface area contributed by atoms with Crippen molar-refractivity contribution in [3.05, 3.63) is 64.7 Å². The van der Waals surface area contributed by atoms with Crippen LogP contribution in [-0.4, -0.2) is 36.4 Å². The number of carbonyl (C=O) groups is 2. The third-order valence-corrected chi connectivity index (χ3v) is 4.22. The predicted octanol–water partition coefficient (Wildman–Crippen LogP) is 4.50. The first-order valence-corrected chi connectivity index (χ1v) is 9.28. The summed E-state index contributed by atoms with van der Waals surface area (Å²) in [6.07, 6.45) is 4.33. The summed E-state index contributed by atoms with van der Waals surface area (Å²) in [5.74, 6) is -1.48. The molecule has 2 aromatic carbocycles. The van der Waals surface area contributed by atoms with Crippen molar-refractivity contribution in [2.45, 2.75) is 19.9 Å². The van der Waals surface area contributed by atoms with Gasteiger partial charge in [-0.15, -0.1) is 0 Å². The Morgan fingerprint density at radius 2 is 1.83 bits per heavy atom. The van der Waals surface area contributed by atoms with Crippen molar-refractivity contribution in [2.75, 3.05) is 7.11 Å². The van der Waals surface area contributed by atoms with Gasteiger partial charge in [0.25, 0.3) is 0 Å². The normalized spacial score (nSPS) is 12.4. The molecule has 29 heavy (non-hydrogen) atoms. The number of nitrogens with zero attached hydrogens (tertiary/aromatic N) is 1. The van der Waals surface area contributed by atoms with Gasteiger partial charge in [-0.1, -0.05) is 55.8 Å². The first kappa shape index (κ1) is 22.2. The largest absolute Gasteiger partial charge is 0.493 e. The first-order chi connectivity index (χ1) is 13.8. The molecule has 7 heteroatoms. The van der Waals surface area contributed by atoms with Gasteiger partial charge in [-0.2, -0.15) is 0 Å². The van der Waals surface area contributed by atoms with E-state index in [1.54, 1.807) is 26.0 Å². The van der Waals surface area contributed by atoms with Gasteiger partial charge in [0.2, 0.25) is 0 Å². The average Bonchev–Trinajstić information content (AvgIpc) is 2.68. The maximum atomic E-state index is 12.1. The third-order valence-electron chi connectivity index (χ3n) is 3.93. The smallest absolute Gasteiger partial charge is 0.336 e. The molecule has 152 valence electrons. The Hall–Kier alpha value is -3.12. The molecule has 6 nitrogen and oxygen atoms in total. The van der Waals surface area contributed by atoms with E-state index in [1.807, 2.05) is 30.3 Å². The van der Waals surface area contributed by atoms with Crippen molar-refractivity contribution in [3.63, 3.8) is 0 Å². The summed E-state index contributed by atoms with van der Waals surface area (Å²) in [6.45, 7) is 3.55. The van der Waals surface area contributed by atoms with Gasteiger partial charge in [0.1, 0.15) is 6.04 Å². The number of carboxylic acid groups (broad SMARTS) is 1. The van der Waals surface area contributed by atoms with Crippen molar-refractivity contribution in [3.8, 4) is 11.5 Å². The van der Waals surface area contributed by atoms with E-state index in [1.165, 1.54) is 25.5 Å². The molecule has 0 aliphatic carbocycles. The molecule has 2 rings (SSSR count). The molecule has 0 saturated heterocycles. The van der Waals surface area contributed by atoms with E-state index in [-0.39, 0.29) is 22.4 Å². The molecule has 0 saturated carbocycles. The highest BCUT2D eigenvalue weighted by atomic mass is 35.5. The van der Waals surface area contributed by atoms with Crippen LogP contribution in [0.2, 0.25) is 5.02 Å². The molecule has 0 heterocycles. The van der Waals surface area contributed by atoms with Crippen LogP contribution in [0.15, 0.2) is 53.5 Å². The summed E-state index contributed by atoms with van der Waals surface area (Å²) in [7, 11) is 1.41. The molecule has 0 spiro atoms. The minimum absolute atomic E-state index is 0.0765. The van der Waals surface area contributed by atoms with E-state index in [2.05, 4.69) is 4.99 Å². The molecule has 1 atom stereocenters. The number of aliphatic imine (C=N–C) groups is 1. The van der Waals surface area contributed by atoms with Crippen molar-refractivity contribution in [1.82, 2.24) is 0 Å². The standard InChI is InChI=1S/C22H22ClNO5/c1-14(2)20(22(26)27)24-13-16-11-17(23)21(18(12-16)28-3)29-19(25)10-9-15-7-5-4-6-8-15/h4-14,20H,1-3H3,(H,26,27)/b10-9+,24-13+. The summed E-state index contributed by atoms with van der Waals surface area (Å²) in [5, 5.41) is 9.37. The zero-order valence-electron chi connectivity index (χ0n) is 16.3. The zero-order chi connectivity index (χ0) is 21.4. The molecule has 0 aliphatic rings. The minimum atomic E-state index is -1.01. The van der Waals surface area contributed by atoms with Gasteiger partial charge in [-0.05, 0) is 35.3 Å². The van der Waals surface area contributed by atoms with E-state index in [0.717, 1.165) is 5.56 Å². The fourth-order valence-corrected chi connectivity index (χ4v) is 2.72. The first-order valence-electron chi connectivity index (χ1n) is 8.90. The van der Waals surface area contributed by atoms with Crippen LogP contribution in [0.4, 0.5) is 0 Å². The lowest BCUT2D eigenvalue weighted by molar-refractivity contribution is -0.139. The lowest BCUT2D eigenvalue weighted by Crippen LogP contribution is -2.24. The van der Waals surface area contributed by atoms with E-state index < -0.39 is 18.0 Å². The number of esters is 1. The van der Waals surface area contributed by atoms with Gasteiger partial charge in [0, 0.05) is 12.3 Å². The molecule has 0 aliphatic heterocycles. The van der Waals surface area contributed by atoms with Gasteiger partial charge in [-0.3, -0.25) is 4.99 Å². The number of hydrogen-bond acceptors (Lipinski definition) is 5. The Bertz CT molecular complexity index is 922. The molecule has 0 bridgehead atoms. The molecule has 0 aromatic heterocycles. The lowest BCUT2D eigenvalue weighted by Gasteiger charge is -2.12. The highest BCUT2D eigenvalue weighted by molar-refractivity contribution is 6.32. The molecule has 0 radical (unpaired) electrons. The molecule has 2 aromatic rings. The Labute approximate surface area is 174 Å². The minimum Gasteiger partial charge on any atom is -0.493 e. The highest BCUT2D eigenvalue weighted by Crippen LogP contribution is 2.36. The summed E-state index contributed by atoms with van der Waals surface area (Å²) in [5.41, 5.74) is 1.38. The van der Waals surface area contributed by atoms with E-state index in [4.69, 9.17) is 21.1 Å². The van der Waals surface area contributed by atoms with E-state index in [0.29, 0.717) is 5.56 Å². The summed E-state index contributed by atoms with van der Waals surface area (Å²) < 4.78 is 10.6. The van der Waals surface area contributed by atoms with Gasteiger partial charge in [-0.25, -0.2) is 9.59 Å². The number of methoxy groups -OCH3 is 1. The number of halogens is 1. The van der Waals surface area contributed by atoms with Crippen LogP contribution in [0.1, 0.15) is 25.0 Å². The Kier molecular flexibility index (Phi) is 7.98. The molecule has 1 unspecified atom stereocenters. The fourth-order valence-electron chi connectivity index (χ4n) is 2.46. The highest BCUT2D eigenvalue weighted by Gasteiger charge is 2.20. The number of benzene rings is 2. The summed E-state index contributed by atoms with van der Waals surface area (Å²) in [4.78, 5) is 27.5. The molecule has 1 N–H and O–H groups in total. The van der Waals surface area contributed by atoms with E-state index >= 15 is 0 Å². The predicted molar refractivity (Wildman–Crippen MR) is 113 cm³/mol. The molecular weight excluding hydrogens is 394 g/mol. The van der Waals surface area contributed by atoms with E-state index in [9.17, 15) is 14.7 Å². The monoisotopic (exact) mass is 415 g/mol. The number of carboxylic acids is 1. The maximum absolute atomic E-state index is 12.1.